The number of rotatable bonds is 4. The van der Waals surface area contributed by atoms with Gasteiger partial charge in [-0.1, -0.05) is 26.0 Å². The van der Waals surface area contributed by atoms with E-state index in [-0.39, 0.29) is 17.9 Å². The summed E-state index contributed by atoms with van der Waals surface area (Å²) in [5, 5.41) is 12.0. The number of nitrogens with one attached hydrogen (secondary N) is 1. The molecule has 0 aliphatic carbocycles. The van der Waals surface area contributed by atoms with Crippen LogP contribution in [0.1, 0.15) is 36.7 Å². The highest BCUT2D eigenvalue weighted by Gasteiger charge is 2.20. The molecular weight excluding hydrogens is 202 g/mol. The molecule has 0 saturated carbocycles. The molecule has 3 nitrogen and oxygen atoms in total. The maximum atomic E-state index is 11.6. The standard InChI is InChI=1S/C13H19NO2/c1-4-14-12(16)10-6-5-7-11(8-10)13(2,3)9-15/h5-8,15H,4,9H2,1-3H3,(H,14,16). The predicted octanol–water partition coefficient (Wildman–Crippen LogP) is 1.71. The molecule has 3 heteroatoms. The van der Waals surface area contributed by atoms with E-state index in [0.717, 1.165) is 5.56 Å². The van der Waals surface area contributed by atoms with Gasteiger partial charge in [0.15, 0.2) is 0 Å². The second-order valence-corrected chi connectivity index (χ2v) is 4.48. The summed E-state index contributed by atoms with van der Waals surface area (Å²) in [5.41, 5.74) is 1.29. The molecule has 0 unspecified atom stereocenters. The van der Waals surface area contributed by atoms with E-state index in [9.17, 15) is 9.90 Å². The summed E-state index contributed by atoms with van der Waals surface area (Å²) in [7, 11) is 0. The SMILES string of the molecule is CCNC(=O)c1cccc(C(C)(C)CO)c1. The molecule has 0 radical (unpaired) electrons. The zero-order valence-electron chi connectivity index (χ0n) is 10.1. The lowest BCUT2D eigenvalue weighted by atomic mass is 9.85. The van der Waals surface area contributed by atoms with Gasteiger partial charge in [-0.2, -0.15) is 0 Å². The van der Waals surface area contributed by atoms with E-state index in [2.05, 4.69) is 5.32 Å². The summed E-state index contributed by atoms with van der Waals surface area (Å²) in [4.78, 5) is 11.6. The molecule has 1 aromatic rings. The molecule has 0 aliphatic heterocycles. The number of hydrogen-bond donors (Lipinski definition) is 2. The van der Waals surface area contributed by atoms with Crippen molar-refractivity contribution in [2.45, 2.75) is 26.2 Å². The molecule has 0 bridgehead atoms. The van der Waals surface area contributed by atoms with Gasteiger partial charge < -0.3 is 10.4 Å². The summed E-state index contributed by atoms with van der Waals surface area (Å²) in [6.07, 6.45) is 0. The highest BCUT2D eigenvalue weighted by atomic mass is 16.3. The monoisotopic (exact) mass is 221 g/mol. The first-order chi connectivity index (χ1) is 7.51. The largest absolute Gasteiger partial charge is 0.395 e. The van der Waals surface area contributed by atoms with Gasteiger partial charge in [-0.3, -0.25) is 4.79 Å². The maximum Gasteiger partial charge on any atom is 0.251 e. The zero-order valence-corrected chi connectivity index (χ0v) is 10.1. The smallest absolute Gasteiger partial charge is 0.251 e. The molecule has 0 aromatic heterocycles. The lowest BCUT2D eigenvalue weighted by Crippen LogP contribution is -2.25. The fourth-order valence-electron chi connectivity index (χ4n) is 1.44. The van der Waals surface area contributed by atoms with Crippen LogP contribution >= 0.6 is 0 Å². The summed E-state index contributed by atoms with van der Waals surface area (Å²) in [6, 6.07) is 7.39. The second-order valence-electron chi connectivity index (χ2n) is 4.48. The third-order valence-corrected chi connectivity index (χ3v) is 2.64. The lowest BCUT2D eigenvalue weighted by molar-refractivity contribution is 0.0955. The van der Waals surface area contributed by atoms with E-state index < -0.39 is 0 Å². The topological polar surface area (TPSA) is 49.3 Å². The van der Waals surface area contributed by atoms with Gasteiger partial charge in [-0.05, 0) is 24.6 Å². The first-order valence-corrected chi connectivity index (χ1v) is 5.51. The van der Waals surface area contributed by atoms with Gasteiger partial charge in [-0.25, -0.2) is 0 Å². The summed E-state index contributed by atoms with van der Waals surface area (Å²) in [5.74, 6) is -0.0712. The van der Waals surface area contributed by atoms with Crippen molar-refractivity contribution in [2.24, 2.45) is 0 Å². The molecule has 0 aliphatic rings. The van der Waals surface area contributed by atoms with Crippen molar-refractivity contribution in [1.82, 2.24) is 5.32 Å². The van der Waals surface area contributed by atoms with Crippen LogP contribution in [0.3, 0.4) is 0 Å². The number of carbonyl (C=O) groups excluding carboxylic acids is 1. The number of benzene rings is 1. The number of hydrogen-bond acceptors (Lipinski definition) is 2. The molecule has 88 valence electrons. The number of aliphatic hydroxyl groups excluding tert-OH is 1. The Balaban J connectivity index is 3.00. The van der Waals surface area contributed by atoms with E-state index in [1.165, 1.54) is 0 Å². The molecule has 0 saturated heterocycles. The molecule has 2 N–H and O–H groups in total. The number of amides is 1. The highest BCUT2D eigenvalue weighted by Crippen LogP contribution is 2.23. The second kappa shape index (κ2) is 5.12. The van der Waals surface area contributed by atoms with Crippen LogP contribution in [0.2, 0.25) is 0 Å². The van der Waals surface area contributed by atoms with Crippen molar-refractivity contribution < 1.29 is 9.90 Å². The third kappa shape index (κ3) is 2.83. The van der Waals surface area contributed by atoms with Gasteiger partial charge in [-0.15, -0.1) is 0 Å². The molecule has 0 heterocycles. The average Bonchev–Trinajstić information content (AvgIpc) is 2.29. The summed E-state index contributed by atoms with van der Waals surface area (Å²) in [6.45, 7) is 6.46. The van der Waals surface area contributed by atoms with E-state index >= 15 is 0 Å². The molecule has 16 heavy (non-hydrogen) atoms. The Morgan fingerprint density at radius 1 is 1.44 bits per heavy atom. The molecule has 1 amide bonds. The summed E-state index contributed by atoms with van der Waals surface area (Å²) < 4.78 is 0. The van der Waals surface area contributed by atoms with Crippen molar-refractivity contribution in [3.8, 4) is 0 Å². The minimum Gasteiger partial charge on any atom is -0.395 e. The highest BCUT2D eigenvalue weighted by molar-refractivity contribution is 5.94. The quantitative estimate of drug-likeness (QED) is 0.813. The van der Waals surface area contributed by atoms with Gasteiger partial charge >= 0.3 is 0 Å². The van der Waals surface area contributed by atoms with Crippen molar-refractivity contribution in [3.63, 3.8) is 0 Å². The minimum absolute atomic E-state index is 0.0614. The Hall–Kier alpha value is -1.35. The van der Waals surface area contributed by atoms with Gasteiger partial charge in [0, 0.05) is 17.5 Å². The normalized spacial score (nSPS) is 11.2. The maximum absolute atomic E-state index is 11.6. The average molecular weight is 221 g/mol. The van der Waals surface area contributed by atoms with Gasteiger partial charge in [0.25, 0.3) is 5.91 Å². The number of aliphatic hydroxyl groups is 1. The van der Waals surface area contributed by atoms with Gasteiger partial charge in [0.1, 0.15) is 0 Å². The first kappa shape index (κ1) is 12.7. The van der Waals surface area contributed by atoms with Crippen molar-refractivity contribution in [3.05, 3.63) is 35.4 Å². The summed E-state index contributed by atoms with van der Waals surface area (Å²) >= 11 is 0. The van der Waals surface area contributed by atoms with Crippen LogP contribution in [-0.4, -0.2) is 24.2 Å². The van der Waals surface area contributed by atoms with E-state index in [1.54, 1.807) is 6.07 Å². The van der Waals surface area contributed by atoms with Crippen molar-refractivity contribution in [1.29, 1.82) is 0 Å². The van der Waals surface area contributed by atoms with Gasteiger partial charge in [0.05, 0.1) is 6.61 Å². The number of carbonyl (C=O) groups is 1. The molecule has 1 aromatic carbocycles. The Morgan fingerprint density at radius 3 is 2.69 bits per heavy atom. The van der Waals surface area contributed by atoms with Crippen LogP contribution < -0.4 is 5.32 Å². The molecule has 0 fully saturated rings. The minimum atomic E-state index is -0.317. The molecular formula is C13H19NO2. The fourth-order valence-corrected chi connectivity index (χ4v) is 1.44. The predicted molar refractivity (Wildman–Crippen MR) is 64.6 cm³/mol. The van der Waals surface area contributed by atoms with Crippen LogP contribution in [0.25, 0.3) is 0 Å². The Morgan fingerprint density at radius 2 is 2.12 bits per heavy atom. The van der Waals surface area contributed by atoms with Crippen LogP contribution in [-0.2, 0) is 5.41 Å². The van der Waals surface area contributed by atoms with E-state index in [4.69, 9.17) is 0 Å². The fraction of sp³-hybridized carbons (Fsp3) is 0.462. The van der Waals surface area contributed by atoms with Crippen molar-refractivity contribution in [2.75, 3.05) is 13.2 Å². The Bertz CT molecular complexity index is 372. The zero-order chi connectivity index (χ0) is 12.2. The molecule has 1 rings (SSSR count). The Labute approximate surface area is 96.5 Å². The van der Waals surface area contributed by atoms with E-state index in [1.807, 2.05) is 39.0 Å². The Kier molecular flexibility index (Phi) is 4.07. The van der Waals surface area contributed by atoms with Crippen LogP contribution in [0.15, 0.2) is 24.3 Å². The van der Waals surface area contributed by atoms with E-state index in [0.29, 0.717) is 12.1 Å². The molecule has 0 spiro atoms. The van der Waals surface area contributed by atoms with Gasteiger partial charge in [0.2, 0.25) is 0 Å². The van der Waals surface area contributed by atoms with Crippen LogP contribution in [0, 0.1) is 0 Å². The first-order valence-electron chi connectivity index (χ1n) is 5.51. The lowest BCUT2D eigenvalue weighted by Gasteiger charge is -2.22. The van der Waals surface area contributed by atoms with Crippen molar-refractivity contribution >= 4 is 5.91 Å². The molecule has 0 atom stereocenters. The van der Waals surface area contributed by atoms with Crippen LogP contribution in [0.4, 0.5) is 0 Å². The van der Waals surface area contributed by atoms with Crippen LogP contribution in [0.5, 0.6) is 0 Å². The third-order valence-electron chi connectivity index (χ3n) is 2.64.